The van der Waals surface area contributed by atoms with E-state index in [0.29, 0.717) is 0 Å². The number of hydrogen-bond donors (Lipinski definition) is 2. The first-order valence-corrected chi connectivity index (χ1v) is 5.81. The molecule has 1 amide bonds. The monoisotopic (exact) mass is 342 g/mol. The summed E-state index contributed by atoms with van der Waals surface area (Å²) in [5, 5.41) is 2.16. The van der Waals surface area contributed by atoms with E-state index in [9.17, 15) is 13.6 Å². The average Bonchev–Trinajstić information content (AvgIpc) is 2.30. The molecule has 0 radical (unpaired) electrons. The van der Waals surface area contributed by atoms with Gasteiger partial charge in [-0.3, -0.25) is 4.79 Å². The van der Waals surface area contributed by atoms with Crippen LogP contribution in [0, 0.1) is 0 Å². The van der Waals surface area contributed by atoms with Crippen LogP contribution in [0.4, 0.5) is 8.78 Å². The van der Waals surface area contributed by atoms with Crippen molar-refractivity contribution in [3.05, 3.63) is 34.3 Å². The fraction of sp³-hybridized carbons (Fsp3) is 0.364. The summed E-state index contributed by atoms with van der Waals surface area (Å²) in [5.74, 6) is -3.49. The quantitative estimate of drug-likeness (QED) is 0.860. The zero-order chi connectivity index (χ0) is 12.9. The minimum atomic E-state index is -3.05. The summed E-state index contributed by atoms with van der Waals surface area (Å²) in [6.07, 6.45) is 0.0773. The lowest BCUT2D eigenvalue weighted by Gasteiger charge is -2.14. The van der Waals surface area contributed by atoms with Crippen molar-refractivity contribution >= 4 is 34.2 Å². The van der Waals surface area contributed by atoms with Crippen LogP contribution in [0.1, 0.15) is 5.56 Å². The Kier molecular flexibility index (Phi) is 7.35. The van der Waals surface area contributed by atoms with Crippen molar-refractivity contribution in [3.8, 4) is 0 Å². The zero-order valence-corrected chi connectivity index (χ0v) is 11.9. The summed E-state index contributed by atoms with van der Waals surface area (Å²) >= 11 is 3.26. The molecule has 0 aliphatic carbocycles. The van der Waals surface area contributed by atoms with Gasteiger partial charge in [0.2, 0.25) is 5.91 Å². The third kappa shape index (κ3) is 6.28. The lowest BCUT2D eigenvalue weighted by molar-refractivity contribution is -0.122. The van der Waals surface area contributed by atoms with Crippen LogP contribution >= 0.6 is 28.3 Å². The van der Waals surface area contributed by atoms with Crippen molar-refractivity contribution in [3.63, 3.8) is 0 Å². The van der Waals surface area contributed by atoms with Crippen LogP contribution in [0.15, 0.2) is 28.7 Å². The van der Waals surface area contributed by atoms with E-state index in [2.05, 4.69) is 21.2 Å². The number of hydrogen-bond acceptors (Lipinski definition) is 2. The minimum absolute atomic E-state index is 0. The predicted octanol–water partition coefficient (Wildman–Crippen LogP) is 2.12. The highest BCUT2D eigenvalue weighted by molar-refractivity contribution is 9.10. The number of carbonyl (C=O) groups excluding carboxylic acids is 1. The topological polar surface area (TPSA) is 55.1 Å². The number of benzene rings is 1. The van der Waals surface area contributed by atoms with Crippen molar-refractivity contribution in [2.24, 2.45) is 5.73 Å². The van der Waals surface area contributed by atoms with Crippen molar-refractivity contribution in [2.45, 2.75) is 12.3 Å². The Labute approximate surface area is 119 Å². The summed E-state index contributed by atoms with van der Waals surface area (Å²) in [7, 11) is 0. The van der Waals surface area contributed by atoms with Crippen LogP contribution < -0.4 is 11.1 Å². The molecule has 0 atom stereocenters. The lowest BCUT2D eigenvalue weighted by atomic mass is 10.1. The highest BCUT2D eigenvalue weighted by Crippen LogP contribution is 2.11. The average molecular weight is 344 g/mol. The predicted molar refractivity (Wildman–Crippen MR) is 72.1 cm³/mol. The van der Waals surface area contributed by atoms with Gasteiger partial charge in [-0.25, -0.2) is 8.78 Å². The van der Waals surface area contributed by atoms with E-state index in [-0.39, 0.29) is 18.8 Å². The summed E-state index contributed by atoms with van der Waals surface area (Å²) in [6, 6.07) is 7.09. The molecule has 0 saturated heterocycles. The minimum Gasteiger partial charge on any atom is -0.350 e. The van der Waals surface area contributed by atoms with E-state index >= 15 is 0 Å². The van der Waals surface area contributed by atoms with Crippen molar-refractivity contribution in [1.29, 1.82) is 0 Å². The van der Waals surface area contributed by atoms with Crippen LogP contribution in [-0.4, -0.2) is 24.9 Å². The van der Waals surface area contributed by atoms with Crippen LogP contribution in [-0.2, 0) is 11.2 Å². The largest absolute Gasteiger partial charge is 0.350 e. The molecule has 0 saturated carbocycles. The number of nitrogens with two attached hydrogens (primary N) is 1. The molecule has 1 aromatic rings. The summed E-state index contributed by atoms with van der Waals surface area (Å²) in [6.45, 7) is -1.50. The third-order valence-electron chi connectivity index (χ3n) is 2.12. The molecule has 0 heterocycles. The molecule has 0 bridgehead atoms. The first-order chi connectivity index (χ1) is 7.93. The van der Waals surface area contributed by atoms with Crippen molar-refractivity contribution in [1.82, 2.24) is 5.32 Å². The molecule has 0 aromatic heterocycles. The third-order valence-corrected chi connectivity index (χ3v) is 2.65. The van der Waals surface area contributed by atoms with E-state index in [0.717, 1.165) is 10.0 Å². The van der Waals surface area contributed by atoms with Gasteiger partial charge in [-0.1, -0.05) is 28.1 Å². The molecule has 1 aromatic carbocycles. The summed E-state index contributed by atoms with van der Waals surface area (Å²) in [5.41, 5.74) is 5.62. The lowest BCUT2D eigenvalue weighted by Crippen LogP contribution is -2.42. The maximum Gasteiger partial charge on any atom is 0.277 e. The van der Waals surface area contributed by atoms with Gasteiger partial charge < -0.3 is 11.1 Å². The smallest absolute Gasteiger partial charge is 0.277 e. The van der Waals surface area contributed by atoms with E-state index in [4.69, 9.17) is 5.73 Å². The second kappa shape index (κ2) is 7.66. The number of halogens is 4. The fourth-order valence-corrected chi connectivity index (χ4v) is 1.41. The Morgan fingerprint density at radius 1 is 1.33 bits per heavy atom. The molecular formula is C11H14BrClF2N2O. The van der Waals surface area contributed by atoms with Crippen LogP contribution in [0.25, 0.3) is 0 Å². The number of alkyl halides is 2. The van der Waals surface area contributed by atoms with E-state index in [1.165, 1.54) is 0 Å². The summed E-state index contributed by atoms with van der Waals surface area (Å²) in [4.78, 5) is 11.4. The Morgan fingerprint density at radius 3 is 2.39 bits per heavy atom. The molecule has 0 aliphatic rings. The van der Waals surface area contributed by atoms with Crippen LogP contribution in [0.3, 0.4) is 0 Å². The van der Waals surface area contributed by atoms with E-state index < -0.39 is 24.9 Å². The van der Waals surface area contributed by atoms with Gasteiger partial charge in [-0.15, -0.1) is 12.4 Å². The second-order valence-electron chi connectivity index (χ2n) is 3.64. The molecule has 0 unspecified atom stereocenters. The van der Waals surface area contributed by atoms with Gasteiger partial charge in [0.25, 0.3) is 5.92 Å². The molecule has 0 fully saturated rings. The SMILES string of the molecule is Cl.NCC(F)(F)CNC(=O)Cc1ccc(Br)cc1. The van der Waals surface area contributed by atoms with Gasteiger partial charge in [-0.05, 0) is 17.7 Å². The van der Waals surface area contributed by atoms with Gasteiger partial charge >= 0.3 is 0 Å². The number of rotatable bonds is 5. The first-order valence-electron chi connectivity index (χ1n) is 5.02. The molecular weight excluding hydrogens is 329 g/mol. The van der Waals surface area contributed by atoms with Gasteiger partial charge in [-0.2, -0.15) is 0 Å². The highest BCUT2D eigenvalue weighted by atomic mass is 79.9. The van der Waals surface area contributed by atoms with Gasteiger partial charge in [0, 0.05) is 4.47 Å². The Bertz CT molecular complexity index is 387. The van der Waals surface area contributed by atoms with E-state index in [1.54, 1.807) is 24.3 Å². The normalized spacial score (nSPS) is 10.7. The zero-order valence-electron chi connectivity index (χ0n) is 9.46. The number of amides is 1. The number of carbonyl (C=O) groups is 1. The van der Waals surface area contributed by atoms with Crippen molar-refractivity contribution in [2.75, 3.05) is 13.1 Å². The number of nitrogens with one attached hydrogen (secondary N) is 1. The summed E-state index contributed by atoms with van der Waals surface area (Å²) < 4.78 is 26.4. The molecule has 1 rings (SSSR count). The van der Waals surface area contributed by atoms with E-state index in [1.807, 2.05) is 0 Å². The van der Waals surface area contributed by atoms with Gasteiger partial charge in [0.05, 0.1) is 19.5 Å². The highest BCUT2D eigenvalue weighted by Gasteiger charge is 2.26. The Morgan fingerprint density at radius 2 is 1.89 bits per heavy atom. The second-order valence-corrected chi connectivity index (χ2v) is 4.56. The molecule has 0 aliphatic heterocycles. The molecule has 3 nitrogen and oxygen atoms in total. The van der Waals surface area contributed by atoms with Crippen molar-refractivity contribution < 1.29 is 13.6 Å². The van der Waals surface area contributed by atoms with Crippen LogP contribution in [0.5, 0.6) is 0 Å². The molecule has 0 spiro atoms. The van der Waals surface area contributed by atoms with Gasteiger partial charge in [0.15, 0.2) is 0 Å². The molecule has 7 heteroatoms. The maximum atomic E-state index is 12.8. The first kappa shape index (κ1) is 17.3. The maximum absolute atomic E-state index is 12.8. The Hall–Kier alpha value is -0.720. The molecule has 18 heavy (non-hydrogen) atoms. The standard InChI is InChI=1S/C11H13BrF2N2O.ClH/c12-9-3-1-8(2-4-9)5-10(17)16-7-11(13,14)6-15;/h1-4H,5-7,15H2,(H,16,17);1H. The molecule has 3 N–H and O–H groups in total. The molecule has 102 valence electrons. The van der Waals surface area contributed by atoms with Crippen LogP contribution in [0.2, 0.25) is 0 Å². The Balaban J connectivity index is 0.00000289. The fourth-order valence-electron chi connectivity index (χ4n) is 1.15. The van der Waals surface area contributed by atoms with Gasteiger partial charge in [0.1, 0.15) is 0 Å².